The molecule has 0 spiro atoms. The summed E-state index contributed by atoms with van der Waals surface area (Å²) < 4.78 is 0. The molecule has 112 valence electrons. The van der Waals surface area contributed by atoms with Crippen molar-refractivity contribution in [2.75, 3.05) is 0 Å². The summed E-state index contributed by atoms with van der Waals surface area (Å²) in [5, 5.41) is 4.98. The standard InChI is InChI=1S/C16H16Cl3NS/c1-9(12-5-6-13(17)16(19)15(12)18)20-8-11-7-10-3-2-4-14(10)21-11/h5-7,9,20H,2-4,8H2,1H3. The van der Waals surface area contributed by atoms with Crippen LogP contribution in [0.25, 0.3) is 0 Å². The Bertz CT molecular complexity index is 644. The van der Waals surface area contributed by atoms with Gasteiger partial charge in [0.25, 0.3) is 0 Å². The summed E-state index contributed by atoms with van der Waals surface area (Å²) in [4.78, 5) is 2.95. The third kappa shape index (κ3) is 3.25. The quantitative estimate of drug-likeness (QED) is 0.655. The predicted octanol–water partition coefficient (Wildman–Crippen LogP) is 6.05. The van der Waals surface area contributed by atoms with Crippen LogP contribution in [-0.2, 0) is 19.4 Å². The molecule has 1 aromatic heterocycles. The number of fused-ring (bicyclic) bond motifs is 1. The molecule has 1 unspecified atom stereocenters. The van der Waals surface area contributed by atoms with Crippen LogP contribution in [0.2, 0.25) is 15.1 Å². The summed E-state index contributed by atoms with van der Waals surface area (Å²) in [6.07, 6.45) is 3.79. The van der Waals surface area contributed by atoms with Crippen molar-refractivity contribution in [3.8, 4) is 0 Å². The van der Waals surface area contributed by atoms with Crippen molar-refractivity contribution >= 4 is 46.1 Å². The number of halogens is 3. The first-order valence-corrected chi connectivity index (χ1v) is 8.98. The van der Waals surface area contributed by atoms with E-state index in [0.29, 0.717) is 15.1 Å². The molecule has 0 bridgehead atoms. The van der Waals surface area contributed by atoms with Gasteiger partial charge in [-0.1, -0.05) is 40.9 Å². The van der Waals surface area contributed by atoms with Gasteiger partial charge in [0.05, 0.1) is 15.1 Å². The van der Waals surface area contributed by atoms with Crippen LogP contribution >= 0.6 is 46.1 Å². The molecular formula is C16H16Cl3NS. The second-order valence-corrected chi connectivity index (χ2v) is 7.77. The summed E-state index contributed by atoms with van der Waals surface area (Å²) in [7, 11) is 0. The van der Waals surface area contributed by atoms with Crippen LogP contribution in [0.15, 0.2) is 18.2 Å². The molecule has 0 fully saturated rings. The van der Waals surface area contributed by atoms with Crippen molar-refractivity contribution in [1.82, 2.24) is 5.32 Å². The van der Waals surface area contributed by atoms with Crippen LogP contribution < -0.4 is 5.32 Å². The zero-order valence-electron chi connectivity index (χ0n) is 11.7. The Morgan fingerprint density at radius 1 is 1.19 bits per heavy atom. The Morgan fingerprint density at radius 3 is 2.76 bits per heavy atom. The zero-order valence-corrected chi connectivity index (χ0v) is 14.8. The van der Waals surface area contributed by atoms with Crippen molar-refractivity contribution in [2.24, 2.45) is 0 Å². The molecule has 1 aliphatic rings. The van der Waals surface area contributed by atoms with E-state index in [1.165, 1.54) is 29.7 Å². The number of hydrogen-bond donors (Lipinski definition) is 1. The van der Waals surface area contributed by atoms with Crippen molar-refractivity contribution in [3.05, 3.63) is 54.1 Å². The van der Waals surface area contributed by atoms with Gasteiger partial charge in [0.15, 0.2) is 0 Å². The lowest BCUT2D eigenvalue weighted by molar-refractivity contribution is 0.579. The Balaban J connectivity index is 1.68. The maximum atomic E-state index is 6.28. The van der Waals surface area contributed by atoms with Gasteiger partial charge in [-0.2, -0.15) is 0 Å². The first kappa shape index (κ1) is 15.6. The predicted molar refractivity (Wildman–Crippen MR) is 93.1 cm³/mol. The van der Waals surface area contributed by atoms with Crippen molar-refractivity contribution < 1.29 is 0 Å². The second-order valence-electron chi connectivity index (χ2n) is 5.38. The number of benzene rings is 1. The molecule has 21 heavy (non-hydrogen) atoms. The molecule has 1 atom stereocenters. The van der Waals surface area contributed by atoms with E-state index < -0.39 is 0 Å². The Kier molecular flexibility index (Phi) is 4.82. The third-order valence-electron chi connectivity index (χ3n) is 3.91. The van der Waals surface area contributed by atoms with E-state index in [4.69, 9.17) is 34.8 Å². The van der Waals surface area contributed by atoms with Gasteiger partial charge in [-0.15, -0.1) is 11.3 Å². The van der Waals surface area contributed by atoms with E-state index in [2.05, 4.69) is 18.3 Å². The van der Waals surface area contributed by atoms with Gasteiger partial charge in [0.2, 0.25) is 0 Å². The largest absolute Gasteiger partial charge is 0.305 e. The molecule has 0 saturated heterocycles. The van der Waals surface area contributed by atoms with E-state index in [9.17, 15) is 0 Å². The van der Waals surface area contributed by atoms with Gasteiger partial charge in [0, 0.05) is 22.3 Å². The fraction of sp³-hybridized carbons (Fsp3) is 0.375. The molecule has 0 radical (unpaired) electrons. The molecule has 0 aliphatic heterocycles. The van der Waals surface area contributed by atoms with Crippen molar-refractivity contribution in [1.29, 1.82) is 0 Å². The number of nitrogens with one attached hydrogen (secondary N) is 1. The minimum Gasteiger partial charge on any atom is -0.305 e. The number of aryl methyl sites for hydroxylation is 2. The lowest BCUT2D eigenvalue weighted by Gasteiger charge is -2.16. The molecule has 1 aromatic carbocycles. The lowest BCUT2D eigenvalue weighted by atomic mass is 10.1. The van der Waals surface area contributed by atoms with Crippen LogP contribution in [0.4, 0.5) is 0 Å². The Labute approximate surface area is 144 Å². The van der Waals surface area contributed by atoms with Gasteiger partial charge >= 0.3 is 0 Å². The molecule has 2 aromatic rings. The zero-order chi connectivity index (χ0) is 15.0. The van der Waals surface area contributed by atoms with Crippen LogP contribution in [0.1, 0.15) is 40.3 Å². The Hall–Kier alpha value is -0.250. The maximum Gasteiger partial charge on any atom is 0.0781 e. The van der Waals surface area contributed by atoms with Crippen molar-refractivity contribution in [3.63, 3.8) is 0 Å². The summed E-state index contributed by atoms with van der Waals surface area (Å²) in [5.41, 5.74) is 2.52. The molecule has 1 N–H and O–H groups in total. The van der Waals surface area contributed by atoms with E-state index in [-0.39, 0.29) is 6.04 Å². The second kappa shape index (κ2) is 6.47. The fourth-order valence-corrected chi connectivity index (χ4v) is 4.63. The number of thiophene rings is 1. The van der Waals surface area contributed by atoms with E-state index >= 15 is 0 Å². The number of hydrogen-bond acceptors (Lipinski definition) is 2. The highest BCUT2D eigenvalue weighted by atomic mass is 35.5. The molecule has 1 heterocycles. The van der Waals surface area contributed by atoms with Crippen LogP contribution in [0, 0.1) is 0 Å². The minimum absolute atomic E-state index is 0.129. The molecule has 1 nitrogen and oxygen atoms in total. The summed E-state index contributed by atoms with van der Waals surface area (Å²) in [5.74, 6) is 0. The molecule has 5 heteroatoms. The monoisotopic (exact) mass is 359 g/mol. The summed E-state index contributed by atoms with van der Waals surface area (Å²) >= 11 is 20.3. The lowest BCUT2D eigenvalue weighted by Crippen LogP contribution is -2.18. The normalized spacial score (nSPS) is 15.2. The van der Waals surface area contributed by atoms with Crippen molar-refractivity contribution in [2.45, 2.75) is 38.8 Å². The molecule has 3 rings (SSSR count). The average Bonchev–Trinajstić information content (AvgIpc) is 3.03. The highest BCUT2D eigenvalue weighted by Gasteiger charge is 2.17. The maximum absolute atomic E-state index is 6.28. The topological polar surface area (TPSA) is 12.0 Å². The van der Waals surface area contributed by atoms with Gasteiger partial charge in [-0.25, -0.2) is 0 Å². The average molecular weight is 361 g/mol. The number of rotatable bonds is 4. The smallest absolute Gasteiger partial charge is 0.0781 e. The SMILES string of the molecule is CC(NCc1cc2c(s1)CCC2)c1ccc(Cl)c(Cl)c1Cl. The van der Waals surface area contributed by atoms with E-state index in [1.807, 2.05) is 17.4 Å². The molecule has 1 aliphatic carbocycles. The highest BCUT2D eigenvalue weighted by molar-refractivity contribution is 7.12. The van der Waals surface area contributed by atoms with Gasteiger partial charge in [-0.3, -0.25) is 0 Å². The fourth-order valence-electron chi connectivity index (χ4n) is 2.72. The minimum atomic E-state index is 0.129. The molecular weight excluding hydrogens is 345 g/mol. The van der Waals surface area contributed by atoms with E-state index in [1.54, 1.807) is 10.9 Å². The first-order valence-electron chi connectivity index (χ1n) is 7.03. The highest BCUT2D eigenvalue weighted by Crippen LogP contribution is 2.36. The van der Waals surface area contributed by atoms with Gasteiger partial charge in [-0.05, 0) is 49.4 Å². The third-order valence-corrected chi connectivity index (χ3v) is 6.46. The molecule has 0 amide bonds. The van der Waals surface area contributed by atoms with Crippen LogP contribution in [0.3, 0.4) is 0 Å². The summed E-state index contributed by atoms with van der Waals surface area (Å²) in [6.45, 7) is 2.95. The molecule has 0 saturated carbocycles. The first-order chi connectivity index (χ1) is 10.1. The Morgan fingerprint density at radius 2 is 2.00 bits per heavy atom. The van der Waals surface area contributed by atoms with E-state index in [0.717, 1.165) is 12.1 Å². The van der Waals surface area contributed by atoms with Gasteiger partial charge < -0.3 is 5.32 Å². The summed E-state index contributed by atoms with van der Waals surface area (Å²) in [6, 6.07) is 6.19. The van der Waals surface area contributed by atoms with Crippen LogP contribution in [0.5, 0.6) is 0 Å². The van der Waals surface area contributed by atoms with Gasteiger partial charge in [0.1, 0.15) is 0 Å². The van der Waals surface area contributed by atoms with Crippen LogP contribution in [-0.4, -0.2) is 0 Å².